The number of hydrogen-bond acceptors (Lipinski definition) is 4. The predicted octanol–water partition coefficient (Wildman–Crippen LogP) is 3.35. The number of rotatable bonds is 5. The van der Waals surface area contributed by atoms with Crippen molar-refractivity contribution in [1.29, 1.82) is 0 Å². The first-order valence-electron chi connectivity index (χ1n) is 8.18. The molecule has 1 fully saturated rings. The molecular weight excluding hydrogens is 278 g/mol. The summed E-state index contributed by atoms with van der Waals surface area (Å²) in [7, 11) is 1.44. The van der Waals surface area contributed by atoms with Crippen molar-refractivity contribution in [2.45, 2.75) is 46.1 Å². The van der Waals surface area contributed by atoms with E-state index < -0.39 is 0 Å². The zero-order chi connectivity index (χ0) is 16.1. The number of carbonyl (C=O) groups is 1. The quantitative estimate of drug-likeness (QED) is 0.782. The Morgan fingerprint density at radius 3 is 2.55 bits per heavy atom. The lowest BCUT2D eigenvalue weighted by atomic mass is 9.98. The third-order valence-corrected chi connectivity index (χ3v) is 4.54. The van der Waals surface area contributed by atoms with Crippen molar-refractivity contribution in [3.63, 3.8) is 0 Å². The van der Waals surface area contributed by atoms with Gasteiger partial charge in [-0.05, 0) is 56.4 Å². The van der Waals surface area contributed by atoms with Crippen LogP contribution >= 0.6 is 0 Å². The maximum absolute atomic E-state index is 12.1. The largest absolute Gasteiger partial charge is 0.465 e. The second-order valence-electron chi connectivity index (χ2n) is 5.76. The summed E-state index contributed by atoms with van der Waals surface area (Å²) in [5.74, 6) is -0.253. The normalized spacial score (nSPS) is 15.6. The Morgan fingerprint density at radius 1 is 1.32 bits per heavy atom. The highest BCUT2D eigenvalue weighted by atomic mass is 16.5. The van der Waals surface area contributed by atoms with Gasteiger partial charge in [-0.25, -0.2) is 4.79 Å². The monoisotopic (exact) mass is 305 g/mol. The molecule has 1 heterocycles. The molecule has 0 atom stereocenters. The van der Waals surface area contributed by atoms with Gasteiger partial charge < -0.3 is 14.4 Å². The molecule has 4 heteroatoms. The lowest BCUT2D eigenvalue weighted by Gasteiger charge is -2.36. The Hall–Kier alpha value is -1.55. The standard InChI is InChI=1S/C18H27NO3/c1-5-14-11-16(18(20)21-4)13(3)17(12-14)19(6-2)15-7-9-22-10-8-15/h11-12,15H,5-10H2,1-4H3. The molecule has 1 aliphatic heterocycles. The second-order valence-corrected chi connectivity index (χ2v) is 5.76. The summed E-state index contributed by atoms with van der Waals surface area (Å²) in [6, 6.07) is 4.67. The second kappa shape index (κ2) is 7.63. The van der Waals surface area contributed by atoms with Gasteiger partial charge in [0, 0.05) is 31.5 Å². The third-order valence-electron chi connectivity index (χ3n) is 4.54. The van der Waals surface area contributed by atoms with Crippen LogP contribution in [0.3, 0.4) is 0 Å². The van der Waals surface area contributed by atoms with Gasteiger partial charge in [0.15, 0.2) is 0 Å². The third kappa shape index (κ3) is 3.43. The van der Waals surface area contributed by atoms with Crippen LogP contribution in [0.4, 0.5) is 5.69 Å². The fourth-order valence-electron chi connectivity index (χ4n) is 3.20. The molecule has 1 aromatic carbocycles. The molecule has 0 radical (unpaired) electrons. The van der Waals surface area contributed by atoms with Gasteiger partial charge in [0.2, 0.25) is 0 Å². The molecule has 22 heavy (non-hydrogen) atoms. The summed E-state index contributed by atoms with van der Waals surface area (Å²) in [5, 5.41) is 0. The lowest BCUT2D eigenvalue weighted by molar-refractivity contribution is 0.0599. The lowest BCUT2D eigenvalue weighted by Crippen LogP contribution is -2.40. The van der Waals surface area contributed by atoms with Crippen LogP contribution in [0.25, 0.3) is 0 Å². The van der Waals surface area contributed by atoms with Gasteiger partial charge in [-0.15, -0.1) is 0 Å². The van der Waals surface area contributed by atoms with Crippen LogP contribution in [0.2, 0.25) is 0 Å². The van der Waals surface area contributed by atoms with E-state index in [0.29, 0.717) is 11.6 Å². The van der Waals surface area contributed by atoms with Crippen LogP contribution < -0.4 is 4.90 Å². The minimum absolute atomic E-state index is 0.253. The molecule has 1 aliphatic rings. The SMILES string of the molecule is CCc1cc(C(=O)OC)c(C)c(N(CC)C2CCOCC2)c1. The summed E-state index contributed by atoms with van der Waals surface area (Å²) >= 11 is 0. The Kier molecular flexibility index (Phi) is 5.83. The molecule has 0 aromatic heterocycles. The van der Waals surface area contributed by atoms with Crippen molar-refractivity contribution in [3.8, 4) is 0 Å². The molecule has 1 aromatic rings. The number of nitrogens with zero attached hydrogens (tertiary/aromatic N) is 1. The van der Waals surface area contributed by atoms with Crippen molar-refractivity contribution in [2.24, 2.45) is 0 Å². The topological polar surface area (TPSA) is 38.8 Å². The highest BCUT2D eigenvalue weighted by Gasteiger charge is 2.24. The maximum Gasteiger partial charge on any atom is 0.338 e. The molecule has 0 bridgehead atoms. The molecule has 2 rings (SSSR count). The van der Waals surface area contributed by atoms with Crippen molar-refractivity contribution >= 4 is 11.7 Å². The van der Waals surface area contributed by atoms with Gasteiger partial charge in [0.05, 0.1) is 12.7 Å². The highest BCUT2D eigenvalue weighted by Crippen LogP contribution is 2.30. The van der Waals surface area contributed by atoms with Crippen molar-refractivity contribution in [2.75, 3.05) is 31.8 Å². The fraction of sp³-hybridized carbons (Fsp3) is 0.611. The number of hydrogen-bond donors (Lipinski definition) is 0. The number of methoxy groups -OCH3 is 1. The van der Waals surface area contributed by atoms with E-state index >= 15 is 0 Å². The molecule has 1 saturated heterocycles. The number of anilines is 1. The molecule has 122 valence electrons. The van der Waals surface area contributed by atoms with E-state index in [1.54, 1.807) is 0 Å². The number of carbonyl (C=O) groups excluding carboxylic acids is 1. The molecular formula is C18H27NO3. The van der Waals surface area contributed by atoms with Crippen molar-refractivity contribution in [1.82, 2.24) is 0 Å². The number of ether oxygens (including phenoxy) is 2. The van der Waals surface area contributed by atoms with Gasteiger partial charge in [0.1, 0.15) is 0 Å². The van der Waals surface area contributed by atoms with Crippen molar-refractivity contribution in [3.05, 3.63) is 28.8 Å². The minimum atomic E-state index is -0.253. The van der Waals surface area contributed by atoms with Gasteiger partial charge in [0.25, 0.3) is 0 Å². The smallest absolute Gasteiger partial charge is 0.338 e. The van der Waals surface area contributed by atoms with E-state index in [1.165, 1.54) is 12.7 Å². The molecule has 0 saturated carbocycles. The number of benzene rings is 1. The first kappa shape index (κ1) is 16.8. The molecule has 0 N–H and O–H groups in total. The first-order chi connectivity index (χ1) is 10.6. The van der Waals surface area contributed by atoms with E-state index in [9.17, 15) is 4.79 Å². The molecule has 0 aliphatic carbocycles. The molecule has 0 unspecified atom stereocenters. The molecule has 0 amide bonds. The maximum atomic E-state index is 12.1. The van der Waals surface area contributed by atoms with E-state index in [-0.39, 0.29) is 5.97 Å². The van der Waals surface area contributed by atoms with Crippen LogP contribution in [-0.2, 0) is 15.9 Å². The van der Waals surface area contributed by atoms with Crippen LogP contribution in [0.15, 0.2) is 12.1 Å². The number of aryl methyl sites for hydroxylation is 1. The zero-order valence-corrected chi connectivity index (χ0v) is 14.1. The molecule has 4 nitrogen and oxygen atoms in total. The van der Waals surface area contributed by atoms with E-state index in [4.69, 9.17) is 9.47 Å². The Balaban J connectivity index is 2.44. The highest BCUT2D eigenvalue weighted by molar-refractivity contribution is 5.93. The van der Waals surface area contributed by atoms with Crippen LogP contribution in [0.5, 0.6) is 0 Å². The number of esters is 1. The van der Waals surface area contributed by atoms with Gasteiger partial charge in [-0.3, -0.25) is 0 Å². The summed E-state index contributed by atoms with van der Waals surface area (Å²) in [5.41, 5.74) is 4.03. The van der Waals surface area contributed by atoms with Gasteiger partial charge in [-0.1, -0.05) is 6.92 Å². The Labute approximate surface area is 133 Å². The summed E-state index contributed by atoms with van der Waals surface area (Å²) in [6.45, 7) is 8.86. The van der Waals surface area contributed by atoms with Crippen LogP contribution in [0, 0.1) is 6.92 Å². The van der Waals surface area contributed by atoms with Crippen LogP contribution in [-0.4, -0.2) is 38.9 Å². The van der Waals surface area contributed by atoms with E-state index in [0.717, 1.165) is 50.3 Å². The Morgan fingerprint density at radius 2 is 2.00 bits per heavy atom. The van der Waals surface area contributed by atoms with Crippen molar-refractivity contribution < 1.29 is 14.3 Å². The summed E-state index contributed by atoms with van der Waals surface area (Å²) in [6.07, 6.45) is 2.98. The van der Waals surface area contributed by atoms with Gasteiger partial charge >= 0.3 is 5.97 Å². The predicted molar refractivity (Wildman–Crippen MR) is 88.8 cm³/mol. The zero-order valence-electron chi connectivity index (χ0n) is 14.1. The van der Waals surface area contributed by atoms with E-state index in [2.05, 4.69) is 24.8 Å². The average Bonchev–Trinajstić information content (AvgIpc) is 2.57. The first-order valence-corrected chi connectivity index (χ1v) is 8.18. The Bertz CT molecular complexity index is 521. The van der Waals surface area contributed by atoms with Crippen LogP contribution in [0.1, 0.15) is 48.2 Å². The summed E-state index contributed by atoms with van der Waals surface area (Å²) < 4.78 is 10.4. The summed E-state index contributed by atoms with van der Waals surface area (Å²) in [4.78, 5) is 14.5. The van der Waals surface area contributed by atoms with E-state index in [1.807, 2.05) is 13.0 Å². The minimum Gasteiger partial charge on any atom is -0.465 e. The van der Waals surface area contributed by atoms with Gasteiger partial charge in [-0.2, -0.15) is 0 Å². The average molecular weight is 305 g/mol. The molecule has 0 spiro atoms. The fourth-order valence-corrected chi connectivity index (χ4v) is 3.20.